The minimum Gasteiger partial charge on any atom is -0.368 e. The zero-order valence-electron chi connectivity index (χ0n) is 20.0. The number of hydrogen-bond acceptors (Lipinski definition) is 5. The molecule has 0 radical (unpaired) electrons. The van der Waals surface area contributed by atoms with E-state index in [2.05, 4.69) is 4.90 Å². The van der Waals surface area contributed by atoms with Crippen molar-refractivity contribution in [1.29, 1.82) is 0 Å². The molecule has 34 heavy (non-hydrogen) atoms. The fourth-order valence-electron chi connectivity index (χ4n) is 4.69. The molecule has 0 N–H and O–H groups in total. The number of nitrogens with zero attached hydrogens (tertiary/aromatic N) is 5. The average molecular weight is 466 g/mol. The summed E-state index contributed by atoms with van der Waals surface area (Å²) in [4.78, 5) is 56.9. The second-order valence-electron chi connectivity index (χ2n) is 8.66. The van der Waals surface area contributed by atoms with Crippen LogP contribution >= 0.6 is 0 Å². The molecular weight excluding hydrogens is 434 g/mol. The Balaban J connectivity index is 1.80. The number of hydrogen-bond donors (Lipinski definition) is 0. The van der Waals surface area contributed by atoms with E-state index in [0.717, 1.165) is 10.3 Å². The molecule has 0 saturated carbocycles. The molecule has 180 valence electrons. The predicted octanol–water partition coefficient (Wildman–Crippen LogP) is 1.64. The summed E-state index contributed by atoms with van der Waals surface area (Å²) in [6, 6.07) is 11.3. The molecule has 0 bridgehead atoms. The maximum absolute atomic E-state index is 13.6. The highest BCUT2D eigenvalue weighted by molar-refractivity contribution is 6.05. The van der Waals surface area contributed by atoms with Crippen LogP contribution in [0.5, 0.6) is 0 Å². The van der Waals surface area contributed by atoms with Gasteiger partial charge in [0.25, 0.3) is 17.0 Å². The van der Waals surface area contributed by atoms with Crippen LogP contribution in [0.3, 0.4) is 0 Å². The first-order valence-electron chi connectivity index (χ1n) is 11.9. The van der Waals surface area contributed by atoms with E-state index in [-0.39, 0.29) is 34.6 Å². The molecule has 0 aliphatic carbocycles. The number of para-hydroxylation sites is 1. The molecule has 9 nitrogen and oxygen atoms in total. The van der Waals surface area contributed by atoms with E-state index < -0.39 is 11.2 Å². The standard InChI is InChI=1S/C25H31N5O4/c1-4-11-29-20(31)17-19(21-22(29)26(3)25(34)30(12-5-2)24(21)33)23(32)28-15-13-27(14-16-28)18-9-7-6-8-10-18/h6-10,17H,4-5,11-16H2,1-3H3. The first-order valence-corrected chi connectivity index (χ1v) is 11.9. The van der Waals surface area contributed by atoms with Crippen molar-refractivity contribution in [2.24, 2.45) is 7.05 Å². The molecule has 1 saturated heterocycles. The molecule has 2 aromatic heterocycles. The smallest absolute Gasteiger partial charge is 0.332 e. The number of carbonyl (C=O) groups is 1. The van der Waals surface area contributed by atoms with Gasteiger partial charge < -0.3 is 9.80 Å². The summed E-state index contributed by atoms with van der Waals surface area (Å²) >= 11 is 0. The van der Waals surface area contributed by atoms with E-state index >= 15 is 0 Å². The lowest BCUT2D eigenvalue weighted by Crippen LogP contribution is -2.49. The molecule has 4 rings (SSSR count). The predicted molar refractivity (Wildman–Crippen MR) is 133 cm³/mol. The van der Waals surface area contributed by atoms with Gasteiger partial charge in [-0.15, -0.1) is 0 Å². The third-order valence-corrected chi connectivity index (χ3v) is 6.39. The Bertz CT molecular complexity index is 1380. The number of benzene rings is 1. The number of pyridine rings is 1. The maximum atomic E-state index is 13.6. The third-order valence-electron chi connectivity index (χ3n) is 6.39. The first-order chi connectivity index (χ1) is 16.4. The van der Waals surface area contributed by atoms with Crippen LogP contribution in [-0.4, -0.2) is 50.7 Å². The van der Waals surface area contributed by atoms with Gasteiger partial charge in [0.1, 0.15) is 5.65 Å². The van der Waals surface area contributed by atoms with Crippen LogP contribution in [0.25, 0.3) is 11.0 Å². The van der Waals surface area contributed by atoms with Gasteiger partial charge in [0, 0.05) is 58.1 Å². The van der Waals surface area contributed by atoms with E-state index in [9.17, 15) is 19.2 Å². The van der Waals surface area contributed by atoms with E-state index in [1.807, 2.05) is 44.2 Å². The molecule has 1 fully saturated rings. The number of fused-ring (bicyclic) bond motifs is 1. The molecule has 1 aliphatic rings. The molecule has 0 atom stereocenters. The minimum absolute atomic E-state index is 0.0750. The average Bonchev–Trinajstić information content (AvgIpc) is 2.86. The molecule has 0 unspecified atom stereocenters. The van der Waals surface area contributed by atoms with E-state index in [1.165, 1.54) is 15.2 Å². The SMILES string of the molecule is CCCn1c(=O)c2c(C(=O)N3CCN(c4ccccc4)CC3)cc(=O)n(CCC)c2n(C)c1=O. The number of amides is 1. The Labute approximate surface area is 197 Å². The molecule has 3 heterocycles. The molecule has 0 spiro atoms. The van der Waals surface area contributed by atoms with Crippen molar-refractivity contribution in [3.8, 4) is 0 Å². The second kappa shape index (κ2) is 9.70. The Morgan fingerprint density at radius 3 is 2.12 bits per heavy atom. The Hall–Kier alpha value is -3.62. The van der Waals surface area contributed by atoms with Gasteiger partial charge >= 0.3 is 5.69 Å². The van der Waals surface area contributed by atoms with Gasteiger partial charge in [-0.3, -0.25) is 28.1 Å². The van der Waals surface area contributed by atoms with Gasteiger partial charge in [-0.2, -0.15) is 0 Å². The van der Waals surface area contributed by atoms with Crippen LogP contribution in [0.1, 0.15) is 37.0 Å². The summed E-state index contributed by atoms with van der Waals surface area (Å²) in [5.74, 6) is -0.350. The highest BCUT2D eigenvalue weighted by Crippen LogP contribution is 2.19. The topological polar surface area (TPSA) is 89.6 Å². The van der Waals surface area contributed by atoms with Gasteiger partial charge in [0.2, 0.25) is 0 Å². The Kier molecular flexibility index (Phi) is 6.72. The molecule has 1 aliphatic heterocycles. The van der Waals surface area contributed by atoms with E-state index in [1.54, 1.807) is 11.9 Å². The summed E-state index contributed by atoms with van der Waals surface area (Å²) in [5.41, 5.74) is -0.00220. The number of rotatable bonds is 6. The second-order valence-corrected chi connectivity index (χ2v) is 8.66. The number of carbonyl (C=O) groups excluding carboxylic acids is 1. The van der Waals surface area contributed by atoms with Crippen molar-refractivity contribution >= 4 is 22.6 Å². The Morgan fingerprint density at radius 2 is 1.50 bits per heavy atom. The van der Waals surface area contributed by atoms with Gasteiger partial charge in [-0.05, 0) is 25.0 Å². The van der Waals surface area contributed by atoms with Gasteiger partial charge in [-0.25, -0.2) is 4.79 Å². The van der Waals surface area contributed by atoms with Crippen molar-refractivity contribution < 1.29 is 4.79 Å². The van der Waals surface area contributed by atoms with Crippen LogP contribution in [0.15, 0.2) is 50.8 Å². The molecule has 1 aromatic carbocycles. The fraction of sp³-hybridized carbons (Fsp3) is 0.440. The first kappa shape index (κ1) is 23.5. The lowest BCUT2D eigenvalue weighted by atomic mass is 10.1. The zero-order valence-corrected chi connectivity index (χ0v) is 20.0. The summed E-state index contributed by atoms with van der Waals surface area (Å²) in [6.45, 7) is 6.65. The number of aromatic nitrogens is 3. The van der Waals surface area contributed by atoms with Gasteiger partial charge in [0.05, 0.1) is 10.9 Å². The monoisotopic (exact) mass is 465 g/mol. The van der Waals surface area contributed by atoms with Crippen molar-refractivity contribution in [1.82, 2.24) is 18.6 Å². The van der Waals surface area contributed by atoms with Crippen molar-refractivity contribution in [2.75, 3.05) is 31.1 Å². The largest absolute Gasteiger partial charge is 0.368 e. The number of anilines is 1. The fourth-order valence-corrected chi connectivity index (χ4v) is 4.69. The van der Waals surface area contributed by atoms with Crippen LogP contribution in [0.2, 0.25) is 0 Å². The van der Waals surface area contributed by atoms with Crippen LogP contribution in [0.4, 0.5) is 5.69 Å². The van der Waals surface area contributed by atoms with Gasteiger partial charge in [0.15, 0.2) is 0 Å². The van der Waals surface area contributed by atoms with Crippen molar-refractivity contribution in [2.45, 2.75) is 39.8 Å². The highest BCUT2D eigenvalue weighted by atomic mass is 16.2. The van der Waals surface area contributed by atoms with E-state index in [4.69, 9.17) is 0 Å². The quantitative estimate of drug-likeness (QED) is 0.552. The number of piperazine rings is 1. The number of aryl methyl sites for hydroxylation is 2. The Morgan fingerprint density at radius 1 is 0.882 bits per heavy atom. The van der Waals surface area contributed by atoms with Gasteiger partial charge in [-0.1, -0.05) is 32.0 Å². The van der Waals surface area contributed by atoms with Crippen molar-refractivity contribution in [3.63, 3.8) is 0 Å². The third kappa shape index (κ3) is 4.06. The van der Waals surface area contributed by atoms with Crippen LogP contribution < -0.4 is 21.7 Å². The van der Waals surface area contributed by atoms with E-state index in [0.29, 0.717) is 45.6 Å². The van der Waals surface area contributed by atoms with Crippen LogP contribution in [0, 0.1) is 0 Å². The summed E-state index contributed by atoms with van der Waals surface area (Å²) in [6.07, 6.45) is 1.25. The minimum atomic E-state index is -0.518. The zero-order chi connectivity index (χ0) is 24.4. The molecule has 1 amide bonds. The molecular formula is C25H31N5O4. The summed E-state index contributed by atoms with van der Waals surface area (Å²) < 4.78 is 3.92. The summed E-state index contributed by atoms with van der Waals surface area (Å²) in [7, 11) is 1.55. The summed E-state index contributed by atoms with van der Waals surface area (Å²) in [5, 5.41) is 0.138. The normalized spacial score (nSPS) is 14.1. The van der Waals surface area contributed by atoms with Crippen molar-refractivity contribution in [3.05, 3.63) is 73.2 Å². The van der Waals surface area contributed by atoms with Crippen LogP contribution in [-0.2, 0) is 20.1 Å². The molecule has 3 aromatic rings. The highest BCUT2D eigenvalue weighted by Gasteiger charge is 2.27. The molecule has 9 heteroatoms. The lowest BCUT2D eigenvalue weighted by molar-refractivity contribution is 0.0748. The lowest BCUT2D eigenvalue weighted by Gasteiger charge is -2.36. The maximum Gasteiger partial charge on any atom is 0.332 e.